The Balaban J connectivity index is 2.37. The summed E-state index contributed by atoms with van der Waals surface area (Å²) in [7, 11) is 1.30. The lowest BCUT2D eigenvalue weighted by Crippen LogP contribution is -2.50. The van der Waals surface area contributed by atoms with Gasteiger partial charge < -0.3 is 15.4 Å². The molecule has 1 heterocycles. The molecule has 0 aromatic heterocycles. The van der Waals surface area contributed by atoms with Gasteiger partial charge in [-0.25, -0.2) is 4.79 Å². The Hall–Kier alpha value is -2.01. The van der Waals surface area contributed by atoms with Crippen molar-refractivity contribution < 1.29 is 14.3 Å². The molecule has 2 unspecified atom stereocenters. The second kappa shape index (κ2) is 5.32. The standard InChI is InChI=1S/C13H13ClN2O3/c1-7-10(12(17)19-2)11(16-13(18)15-7)8-3-5-9(14)6-4-8/h3-6,10-11H,1H2,2H3,(H2,15,16,18). The largest absolute Gasteiger partial charge is 0.468 e. The molecule has 0 saturated carbocycles. The number of benzene rings is 1. The highest BCUT2D eigenvalue weighted by atomic mass is 35.5. The van der Waals surface area contributed by atoms with E-state index in [1.807, 2.05) is 0 Å². The molecule has 1 aliphatic heterocycles. The fraction of sp³-hybridized carbons (Fsp3) is 0.231. The summed E-state index contributed by atoms with van der Waals surface area (Å²) >= 11 is 5.83. The van der Waals surface area contributed by atoms with E-state index in [1.165, 1.54) is 7.11 Å². The average molecular weight is 281 g/mol. The molecule has 1 saturated heterocycles. The van der Waals surface area contributed by atoms with Crippen molar-refractivity contribution in [2.24, 2.45) is 5.92 Å². The van der Waals surface area contributed by atoms with Gasteiger partial charge in [-0.2, -0.15) is 0 Å². The number of carbonyl (C=O) groups excluding carboxylic acids is 2. The van der Waals surface area contributed by atoms with Crippen molar-refractivity contribution in [2.45, 2.75) is 6.04 Å². The average Bonchev–Trinajstić information content (AvgIpc) is 2.38. The minimum absolute atomic E-state index is 0.315. The molecule has 5 nitrogen and oxygen atoms in total. The van der Waals surface area contributed by atoms with E-state index in [4.69, 9.17) is 16.3 Å². The van der Waals surface area contributed by atoms with Crippen molar-refractivity contribution in [3.63, 3.8) is 0 Å². The maximum atomic E-state index is 11.8. The minimum atomic E-state index is -0.677. The summed E-state index contributed by atoms with van der Waals surface area (Å²) in [6.07, 6.45) is 0. The molecular formula is C13H13ClN2O3. The van der Waals surface area contributed by atoms with Crippen LogP contribution in [0.5, 0.6) is 0 Å². The van der Waals surface area contributed by atoms with Gasteiger partial charge in [0.15, 0.2) is 0 Å². The summed E-state index contributed by atoms with van der Waals surface area (Å²) < 4.78 is 4.75. The Morgan fingerprint density at radius 1 is 1.37 bits per heavy atom. The molecule has 2 atom stereocenters. The lowest BCUT2D eigenvalue weighted by Gasteiger charge is -2.32. The predicted octanol–water partition coefficient (Wildman–Crippen LogP) is 2.00. The predicted molar refractivity (Wildman–Crippen MR) is 70.5 cm³/mol. The zero-order chi connectivity index (χ0) is 14.0. The van der Waals surface area contributed by atoms with Gasteiger partial charge in [-0.1, -0.05) is 30.3 Å². The molecule has 19 heavy (non-hydrogen) atoms. The summed E-state index contributed by atoms with van der Waals surface area (Å²) in [4.78, 5) is 23.4. The van der Waals surface area contributed by atoms with E-state index < -0.39 is 24.0 Å². The molecule has 0 radical (unpaired) electrons. The Bertz CT molecular complexity index is 527. The van der Waals surface area contributed by atoms with Crippen LogP contribution < -0.4 is 10.6 Å². The number of amides is 2. The quantitative estimate of drug-likeness (QED) is 0.814. The zero-order valence-corrected chi connectivity index (χ0v) is 11.0. The number of methoxy groups -OCH3 is 1. The molecule has 1 fully saturated rings. The fourth-order valence-corrected chi connectivity index (χ4v) is 2.16. The fourth-order valence-electron chi connectivity index (χ4n) is 2.04. The molecule has 1 aromatic carbocycles. The lowest BCUT2D eigenvalue weighted by atomic mass is 9.89. The first kappa shape index (κ1) is 13.4. The number of carbonyl (C=O) groups is 2. The van der Waals surface area contributed by atoms with Crippen LogP contribution >= 0.6 is 11.6 Å². The summed E-state index contributed by atoms with van der Waals surface area (Å²) in [6, 6.07) is 5.98. The third-order valence-electron chi connectivity index (χ3n) is 2.95. The van der Waals surface area contributed by atoms with Crippen molar-refractivity contribution in [3.8, 4) is 0 Å². The smallest absolute Gasteiger partial charge is 0.319 e. The number of ether oxygens (including phenoxy) is 1. The Morgan fingerprint density at radius 2 is 2.00 bits per heavy atom. The SMILES string of the molecule is C=C1NC(=O)NC(c2ccc(Cl)cc2)C1C(=O)OC. The van der Waals surface area contributed by atoms with Crippen molar-refractivity contribution in [3.05, 3.63) is 47.1 Å². The first-order chi connectivity index (χ1) is 9.02. The van der Waals surface area contributed by atoms with Crippen molar-refractivity contribution in [1.29, 1.82) is 0 Å². The molecule has 2 rings (SSSR count). The van der Waals surface area contributed by atoms with Crippen LogP contribution in [0, 0.1) is 5.92 Å². The van der Waals surface area contributed by atoms with E-state index >= 15 is 0 Å². The zero-order valence-electron chi connectivity index (χ0n) is 10.3. The van der Waals surface area contributed by atoms with Gasteiger partial charge in [0, 0.05) is 10.7 Å². The molecule has 2 amide bonds. The van der Waals surface area contributed by atoms with Gasteiger partial charge in [0.25, 0.3) is 0 Å². The normalized spacial score (nSPS) is 22.4. The third kappa shape index (κ3) is 2.71. The van der Waals surface area contributed by atoms with Gasteiger partial charge in [-0.3, -0.25) is 4.79 Å². The van der Waals surface area contributed by atoms with E-state index in [-0.39, 0.29) is 0 Å². The third-order valence-corrected chi connectivity index (χ3v) is 3.21. The number of rotatable bonds is 2. The van der Waals surface area contributed by atoms with Crippen LogP contribution in [0.25, 0.3) is 0 Å². The second-order valence-electron chi connectivity index (χ2n) is 4.15. The van der Waals surface area contributed by atoms with Crippen LogP contribution in [-0.4, -0.2) is 19.1 Å². The monoisotopic (exact) mass is 280 g/mol. The van der Waals surface area contributed by atoms with Gasteiger partial charge in [0.1, 0.15) is 5.92 Å². The number of hydrogen-bond acceptors (Lipinski definition) is 3. The number of halogens is 1. The Kier molecular flexibility index (Phi) is 3.76. The number of hydrogen-bond donors (Lipinski definition) is 2. The molecule has 0 spiro atoms. The van der Waals surface area contributed by atoms with E-state index in [0.29, 0.717) is 10.7 Å². The minimum Gasteiger partial charge on any atom is -0.468 e. The summed E-state index contributed by atoms with van der Waals surface area (Å²) in [5, 5.41) is 5.76. The van der Waals surface area contributed by atoms with Crippen LogP contribution in [0.1, 0.15) is 11.6 Å². The molecule has 0 aliphatic carbocycles. The summed E-state index contributed by atoms with van der Waals surface area (Å²) in [6.45, 7) is 3.71. The Morgan fingerprint density at radius 3 is 2.58 bits per heavy atom. The second-order valence-corrected chi connectivity index (χ2v) is 4.59. The van der Waals surface area contributed by atoms with Crippen LogP contribution in [0.4, 0.5) is 4.79 Å². The molecule has 1 aromatic rings. The Labute approximate surface area is 115 Å². The summed E-state index contributed by atoms with van der Waals surface area (Å²) in [5.41, 5.74) is 1.08. The molecule has 6 heteroatoms. The first-order valence-corrected chi connectivity index (χ1v) is 6.00. The topological polar surface area (TPSA) is 67.4 Å². The number of urea groups is 1. The van der Waals surface area contributed by atoms with E-state index in [9.17, 15) is 9.59 Å². The van der Waals surface area contributed by atoms with E-state index in [0.717, 1.165) is 5.56 Å². The highest BCUT2D eigenvalue weighted by molar-refractivity contribution is 6.30. The van der Waals surface area contributed by atoms with Gasteiger partial charge in [0.05, 0.1) is 13.2 Å². The summed E-state index contributed by atoms with van der Waals surface area (Å²) in [5.74, 6) is -1.14. The molecule has 2 N–H and O–H groups in total. The highest BCUT2D eigenvalue weighted by Crippen LogP contribution is 2.30. The van der Waals surface area contributed by atoms with Crippen molar-refractivity contribution in [1.82, 2.24) is 10.6 Å². The molecule has 0 bridgehead atoms. The van der Waals surface area contributed by atoms with Gasteiger partial charge in [0.2, 0.25) is 0 Å². The van der Waals surface area contributed by atoms with Crippen LogP contribution in [-0.2, 0) is 9.53 Å². The van der Waals surface area contributed by atoms with Crippen LogP contribution in [0.3, 0.4) is 0 Å². The highest BCUT2D eigenvalue weighted by Gasteiger charge is 2.38. The van der Waals surface area contributed by atoms with E-state index in [1.54, 1.807) is 24.3 Å². The number of nitrogens with one attached hydrogen (secondary N) is 2. The lowest BCUT2D eigenvalue weighted by molar-refractivity contribution is -0.145. The molecule has 100 valence electrons. The van der Waals surface area contributed by atoms with Gasteiger partial charge in [-0.05, 0) is 17.7 Å². The van der Waals surface area contributed by atoms with Gasteiger partial charge in [-0.15, -0.1) is 0 Å². The molecular weight excluding hydrogens is 268 g/mol. The molecule has 1 aliphatic rings. The maximum Gasteiger partial charge on any atom is 0.319 e. The maximum absolute atomic E-state index is 11.8. The van der Waals surface area contributed by atoms with Gasteiger partial charge >= 0.3 is 12.0 Å². The van der Waals surface area contributed by atoms with Crippen molar-refractivity contribution in [2.75, 3.05) is 7.11 Å². The number of esters is 1. The van der Waals surface area contributed by atoms with E-state index in [2.05, 4.69) is 17.2 Å². The van der Waals surface area contributed by atoms with Crippen LogP contribution in [0.2, 0.25) is 5.02 Å². The van der Waals surface area contributed by atoms with Crippen molar-refractivity contribution >= 4 is 23.6 Å². The van der Waals surface area contributed by atoms with Crippen LogP contribution in [0.15, 0.2) is 36.5 Å². The first-order valence-electron chi connectivity index (χ1n) is 5.62.